The van der Waals surface area contributed by atoms with E-state index < -0.39 is 10.2 Å². The summed E-state index contributed by atoms with van der Waals surface area (Å²) in [5, 5.41) is 2.58. The number of amides is 1. The molecule has 1 aromatic rings. The molecule has 0 aromatic heterocycles. The first-order chi connectivity index (χ1) is 9.39. The van der Waals surface area contributed by atoms with Crippen LogP contribution in [-0.2, 0) is 15.0 Å². The second-order valence-corrected chi connectivity index (χ2v) is 5.40. The number of nitrogens with zero attached hydrogens (tertiary/aromatic N) is 1. The summed E-state index contributed by atoms with van der Waals surface area (Å²) in [5.41, 5.74) is 6.36. The van der Waals surface area contributed by atoms with Crippen molar-refractivity contribution in [1.82, 2.24) is 5.32 Å². The number of carbonyl (C=O) groups is 1. The highest BCUT2D eigenvalue weighted by Crippen LogP contribution is 2.30. The highest BCUT2D eigenvalue weighted by molar-refractivity contribution is 7.91. The number of carbonyl (C=O) groups excluding carboxylic acids is 1. The van der Waals surface area contributed by atoms with Crippen molar-refractivity contribution in [2.45, 2.75) is 6.92 Å². The number of ether oxygens (including phenoxy) is 1. The van der Waals surface area contributed by atoms with Gasteiger partial charge in [0, 0.05) is 6.92 Å². The van der Waals surface area contributed by atoms with E-state index in [-0.39, 0.29) is 18.3 Å². The fourth-order valence-electron chi connectivity index (χ4n) is 1.73. The van der Waals surface area contributed by atoms with Crippen molar-refractivity contribution in [3.63, 3.8) is 0 Å². The van der Waals surface area contributed by atoms with E-state index >= 15 is 0 Å². The molecule has 2 rings (SSSR count). The Kier molecular flexibility index (Phi) is 3.79. The number of anilines is 1. The molecule has 4 N–H and O–H groups in total. The molecular formula is C11H14N4O4S. The average molecular weight is 298 g/mol. The summed E-state index contributed by atoms with van der Waals surface area (Å²) in [6.07, 6.45) is 0. The molecule has 1 aliphatic heterocycles. The maximum atomic E-state index is 11.4. The maximum Gasteiger partial charge on any atom is 0.344 e. The summed E-state index contributed by atoms with van der Waals surface area (Å²) in [6.45, 7) is 1.97. The fraction of sp³-hybridized carbons (Fsp3) is 0.273. The molecule has 0 fully saturated rings. The quantitative estimate of drug-likeness (QED) is 0.651. The van der Waals surface area contributed by atoms with Gasteiger partial charge in [-0.05, 0) is 12.1 Å². The van der Waals surface area contributed by atoms with Gasteiger partial charge in [-0.25, -0.2) is 0 Å². The van der Waals surface area contributed by atoms with Crippen LogP contribution < -0.4 is 20.5 Å². The molecule has 108 valence electrons. The first-order valence-electron chi connectivity index (χ1n) is 5.78. The average Bonchev–Trinajstić information content (AvgIpc) is 2.32. The van der Waals surface area contributed by atoms with Crippen LogP contribution in [0.5, 0.6) is 5.75 Å². The minimum absolute atomic E-state index is 0.131. The number of fused-ring (bicyclic) bond motifs is 1. The first kappa shape index (κ1) is 14.1. The third-order valence-electron chi connectivity index (χ3n) is 2.47. The van der Waals surface area contributed by atoms with Crippen molar-refractivity contribution in [1.29, 1.82) is 0 Å². The Hall–Kier alpha value is -2.29. The predicted molar refractivity (Wildman–Crippen MR) is 73.9 cm³/mol. The zero-order valence-corrected chi connectivity index (χ0v) is 11.5. The fourth-order valence-corrected chi connectivity index (χ4v) is 2.57. The minimum Gasteiger partial charge on any atom is -0.491 e. The molecule has 0 aliphatic carbocycles. The van der Waals surface area contributed by atoms with Crippen molar-refractivity contribution in [2.75, 3.05) is 17.9 Å². The molecule has 0 bridgehead atoms. The summed E-state index contributed by atoms with van der Waals surface area (Å²) >= 11 is 0. The van der Waals surface area contributed by atoms with Gasteiger partial charge in [0.2, 0.25) is 5.91 Å². The standard InChI is InChI=1S/C11H14N4O4S/c1-7(16)13-5-6-19-9-4-2-3-8-10(9)11(12)15-20(17,18)14-8/h2-4,14H,5-6H2,1H3,(H2,12,15)(H,13,16). The summed E-state index contributed by atoms with van der Waals surface area (Å²) in [6, 6.07) is 4.84. The third kappa shape index (κ3) is 3.18. The minimum atomic E-state index is -3.80. The molecule has 1 aromatic carbocycles. The monoisotopic (exact) mass is 298 g/mol. The highest BCUT2D eigenvalue weighted by Gasteiger charge is 2.24. The lowest BCUT2D eigenvalue weighted by atomic mass is 10.1. The molecule has 1 amide bonds. The zero-order chi connectivity index (χ0) is 14.8. The highest BCUT2D eigenvalue weighted by atomic mass is 32.2. The summed E-state index contributed by atoms with van der Waals surface area (Å²) in [4.78, 5) is 10.7. The molecule has 0 saturated carbocycles. The van der Waals surface area contributed by atoms with E-state index in [1.54, 1.807) is 18.2 Å². The molecule has 0 spiro atoms. The molecule has 0 radical (unpaired) electrons. The van der Waals surface area contributed by atoms with Crippen LogP contribution in [0.15, 0.2) is 22.6 Å². The van der Waals surface area contributed by atoms with Gasteiger partial charge < -0.3 is 15.8 Å². The van der Waals surface area contributed by atoms with Crippen LogP contribution >= 0.6 is 0 Å². The van der Waals surface area contributed by atoms with Crippen LogP contribution in [-0.4, -0.2) is 33.3 Å². The second kappa shape index (κ2) is 5.37. The number of benzene rings is 1. The van der Waals surface area contributed by atoms with E-state index in [0.29, 0.717) is 23.5 Å². The van der Waals surface area contributed by atoms with Crippen LogP contribution in [0.3, 0.4) is 0 Å². The third-order valence-corrected chi connectivity index (χ3v) is 3.39. The maximum absolute atomic E-state index is 11.4. The lowest BCUT2D eigenvalue weighted by molar-refractivity contribution is -0.119. The molecule has 0 atom stereocenters. The Morgan fingerprint density at radius 3 is 2.95 bits per heavy atom. The van der Waals surface area contributed by atoms with E-state index in [0.717, 1.165) is 0 Å². The molecule has 0 unspecified atom stereocenters. The van der Waals surface area contributed by atoms with Crippen molar-refractivity contribution >= 4 is 27.6 Å². The van der Waals surface area contributed by atoms with Crippen molar-refractivity contribution in [3.8, 4) is 5.75 Å². The van der Waals surface area contributed by atoms with Gasteiger partial charge in [0.1, 0.15) is 12.4 Å². The van der Waals surface area contributed by atoms with Gasteiger partial charge in [-0.2, -0.15) is 8.42 Å². The van der Waals surface area contributed by atoms with Crippen LogP contribution in [0.1, 0.15) is 12.5 Å². The number of nitrogens with one attached hydrogen (secondary N) is 2. The van der Waals surface area contributed by atoms with Crippen LogP contribution in [0.4, 0.5) is 5.69 Å². The topological polar surface area (TPSA) is 123 Å². The van der Waals surface area contributed by atoms with Crippen LogP contribution in [0.25, 0.3) is 0 Å². The molecule has 0 saturated heterocycles. The predicted octanol–water partition coefficient (Wildman–Crippen LogP) is -0.423. The second-order valence-electron chi connectivity index (χ2n) is 4.06. The van der Waals surface area contributed by atoms with Gasteiger partial charge >= 0.3 is 10.2 Å². The molecule has 9 heteroatoms. The lowest BCUT2D eigenvalue weighted by Crippen LogP contribution is -2.28. The summed E-state index contributed by atoms with van der Waals surface area (Å²) in [5.74, 6) is 0.114. The van der Waals surface area contributed by atoms with Crippen molar-refractivity contribution in [2.24, 2.45) is 10.1 Å². The summed E-state index contributed by atoms with van der Waals surface area (Å²) in [7, 11) is -3.80. The molecular weight excluding hydrogens is 284 g/mol. The van der Waals surface area contributed by atoms with Crippen LogP contribution in [0, 0.1) is 0 Å². The Bertz CT molecular complexity index is 669. The van der Waals surface area contributed by atoms with Gasteiger partial charge in [-0.1, -0.05) is 6.07 Å². The smallest absolute Gasteiger partial charge is 0.344 e. The SMILES string of the molecule is CC(=O)NCCOc1cccc2c1C(N)=NS(=O)(=O)N2. The Labute approximate surface area is 116 Å². The lowest BCUT2D eigenvalue weighted by Gasteiger charge is -2.19. The Balaban J connectivity index is 2.19. The summed E-state index contributed by atoms with van der Waals surface area (Å²) < 4.78 is 33.9. The van der Waals surface area contributed by atoms with Gasteiger partial charge in [-0.15, -0.1) is 4.40 Å². The number of rotatable bonds is 4. The van der Waals surface area contributed by atoms with Crippen molar-refractivity contribution in [3.05, 3.63) is 23.8 Å². The molecule has 8 nitrogen and oxygen atoms in total. The van der Waals surface area contributed by atoms with E-state index in [4.69, 9.17) is 10.5 Å². The van der Waals surface area contributed by atoms with Crippen LogP contribution in [0.2, 0.25) is 0 Å². The van der Waals surface area contributed by atoms with Gasteiger partial charge in [0.05, 0.1) is 17.8 Å². The van der Waals surface area contributed by atoms with E-state index in [9.17, 15) is 13.2 Å². The number of nitrogens with two attached hydrogens (primary N) is 1. The Morgan fingerprint density at radius 1 is 1.50 bits per heavy atom. The number of hydrogen-bond donors (Lipinski definition) is 3. The molecule has 20 heavy (non-hydrogen) atoms. The van der Waals surface area contributed by atoms with Gasteiger partial charge in [0.15, 0.2) is 5.84 Å². The molecule has 1 aliphatic rings. The van der Waals surface area contributed by atoms with E-state index in [1.165, 1.54) is 6.92 Å². The molecule has 1 heterocycles. The zero-order valence-electron chi connectivity index (χ0n) is 10.7. The number of hydrogen-bond acceptors (Lipinski definition) is 5. The number of amidine groups is 1. The van der Waals surface area contributed by atoms with Gasteiger partial charge in [0.25, 0.3) is 0 Å². The Morgan fingerprint density at radius 2 is 2.25 bits per heavy atom. The van der Waals surface area contributed by atoms with Crippen molar-refractivity contribution < 1.29 is 17.9 Å². The largest absolute Gasteiger partial charge is 0.491 e. The van der Waals surface area contributed by atoms with E-state index in [2.05, 4.69) is 14.4 Å². The normalized spacial score (nSPS) is 15.6. The van der Waals surface area contributed by atoms with Gasteiger partial charge in [-0.3, -0.25) is 9.52 Å². The first-order valence-corrected chi connectivity index (χ1v) is 7.22. The van der Waals surface area contributed by atoms with E-state index in [1.807, 2.05) is 0 Å².